The SMILES string of the molecule is CCCc1nnc(NC(=O)COc2ccc(/C=C3\SC(=S)N(c4ccccc4)C3=O)cc2OC)s1. The summed E-state index contributed by atoms with van der Waals surface area (Å²) in [6.07, 6.45) is 3.54. The Balaban J connectivity index is 1.41. The number of amides is 2. The number of ether oxygens (including phenoxy) is 2. The summed E-state index contributed by atoms with van der Waals surface area (Å²) in [7, 11) is 1.51. The molecule has 8 nitrogen and oxygen atoms in total. The Hall–Kier alpha value is -3.28. The number of anilines is 2. The van der Waals surface area contributed by atoms with E-state index in [2.05, 4.69) is 22.4 Å². The topological polar surface area (TPSA) is 93.6 Å². The van der Waals surface area contributed by atoms with Crippen molar-refractivity contribution in [2.45, 2.75) is 19.8 Å². The minimum atomic E-state index is -0.347. The molecule has 1 aliphatic rings. The average molecular weight is 527 g/mol. The van der Waals surface area contributed by atoms with E-state index in [1.54, 1.807) is 24.3 Å². The predicted octanol–water partition coefficient (Wildman–Crippen LogP) is 4.92. The van der Waals surface area contributed by atoms with Gasteiger partial charge in [-0.15, -0.1) is 10.2 Å². The van der Waals surface area contributed by atoms with Gasteiger partial charge in [-0.25, -0.2) is 0 Å². The summed E-state index contributed by atoms with van der Waals surface area (Å²) in [4.78, 5) is 27.2. The summed E-state index contributed by atoms with van der Waals surface area (Å²) in [6.45, 7) is 1.84. The Morgan fingerprint density at radius 2 is 1.97 bits per heavy atom. The molecule has 0 unspecified atom stereocenters. The maximum Gasteiger partial charge on any atom is 0.270 e. The van der Waals surface area contributed by atoms with Crippen LogP contribution in [0, 0.1) is 0 Å². The molecule has 2 aromatic carbocycles. The molecule has 11 heteroatoms. The lowest BCUT2D eigenvalue weighted by Gasteiger charge is -2.13. The normalized spacial score (nSPS) is 14.5. The molecule has 1 saturated heterocycles. The Kier molecular flexibility index (Phi) is 8.11. The van der Waals surface area contributed by atoms with Gasteiger partial charge in [0.2, 0.25) is 5.13 Å². The average Bonchev–Trinajstić information content (AvgIpc) is 3.41. The van der Waals surface area contributed by atoms with Crippen LogP contribution in [0.25, 0.3) is 6.08 Å². The maximum absolute atomic E-state index is 12.9. The molecule has 35 heavy (non-hydrogen) atoms. The Morgan fingerprint density at radius 3 is 2.71 bits per heavy atom. The Morgan fingerprint density at radius 1 is 1.17 bits per heavy atom. The Labute approximate surface area is 216 Å². The smallest absolute Gasteiger partial charge is 0.270 e. The van der Waals surface area contributed by atoms with E-state index in [0.717, 1.165) is 29.1 Å². The Bertz CT molecular complexity index is 1280. The number of aromatic nitrogens is 2. The van der Waals surface area contributed by atoms with Crippen LogP contribution in [0.1, 0.15) is 23.9 Å². The number of rotatable bonds is 9. The van der Waals surface area contributed by atoms with Crippen LogP contribution < -0.4 is 19.7 Å². The summed E-state index contributed by atoms with van der Waals surface area (Å²) in [5, 5.41) is 12.0. The molecule has 0 bridgehead atoms. The van der Waals surface area contributed by atoms with Gasteiger partial charge in [-0.3, -0.25) is 19.8 Å². The quantitative estimate of drug-likeness (QED) is 0.310. The van der Waals surface area contributed by atoms with Crippen LogP contribution in [-0.4, -0.2) is 40.0 Å². The van der Waals surface area contributed by atoms with Crippen molar-refractivity contribution in [2.24, 2.45) is 0 Å². The van der Waals surface area contributed by atoms with Gasteiger partial charge < -0.3 is 9.47 Å². The second-order valence-corrected chi connectivity index (χ2v) is 10.1. The summed E-state index contributed by atoms with van der Waals surface area (Å²) in [5.41, 5.74) is 1.47. The van der Waals surface area contributed by atoms with Crippen molar-refractivity contribution in [3.63, 3.8) is 0 Å². The molecule has 180 valence electrons. The van der Waals surface area contributed by atoms with Gasteiger partial charge in [-0.2, -0.15) is 0 Å². The van der Waals surface area contributed by atoms with Crippen molar-refractivity contribution in [2.75, 3.05) is 23.9 Å². The molecule has 3 aromatic rings. The van der Waals surface area contributed by atoms with E-state index < -0.39 is 0 Å². The highest BCUT2D eigenvalue weighted by Gasteiger charge is 2.33. The number of carbonyl (C=O) groups is 2. The van der Waals surface area contributed by atoms with Crippen molar-refractivity contribution >= 4 is 68.3 Å². The van der Waals surface area contributed by atoms with Gasteiger partial charge in [-0.1, -0.05) is 66.5 Å². The number of nitrogens with zero attached hydrogens (tertiary/aromatic N) is 3. The van der Waals surface area contributed by atoms with E-state index >= 15 is 0 Å². The number of methoxy groups -OCH3 is 1. The van der Waals surface area contributed by atoms with Gasteiger partial charge in [0.1, 0.15) is 5.01 Å². The molecule has 0 aliphatic carbocycles. The predicted molar refractivity (Wildman–Crippen MR) is 143 cm³/mol. The molecular weight excluding hydrogens is 504 g/mol. The summed E-state index contributed by atoms with van der Waals surface area (Å²) >= 11 is 8.01. The van der Waals surface area contributed by atoms with E-state index in [9.17, 15) is 9.59 Å². The number of nitrogens with one attached hydrogen (secondary N) is 1. The third-order valence-corrected chi connectivity index (χ3v) is 7.03. The van der Waals surface area contributed by atoms with Crippen molar-refractivity contribution in [3.05, 3.63) is 64.0 Å². The highest BCUT2D eigenvalue weighted by molar-refractivity contribution is 8.27. The van der Waals surface area contributed by atoms with Gasteiger partial charge in [0.25, 0.3) is 11.8 Å². The lowest BCUT2D eigenvalue weighted by atomic mass is 10.2. The van der Waals surface area contributed by atoms with E-state index in [0.29, 0.717) is 25.9 Å². The molecule has 0 spiro atoms. The second kappa shape index (κ2) is 11.4. The maximum atomic E-state index is 12.9. The van der Waals surface area contributed by atoms with E-state index in [-0.39, 0.29) is 18.4 Å². The van der Waals surface area contributed by atoms with Crippen LogP contribution in [-0.2, 0) is 16.0 Å². The molecule has 4 rings (SSSR count). The summed E-state index contributed by atoms with van der Waals surface area (Å²) < 4.78 is 11.6. The standard InChI is InChI=1S/C24H22N4O4S3/c1-3-7-21-26-27-23(35-21)25-20(29)14-32-17-11-10-15(12-18(17)31-2)13-19-22(30)28(24(33)34-19)16-8-5-4-6-9-16/h4-6,8-13H,3,7,14H2,1-2H3,(H,25,27,29)/b19-13-. The molecule has 1 N–H and O–H groups in total. The van der Waals surface area contributed by atoms with Crippen molar-refractivity contribution in [1.82, 2.24) is 10.2 Å². The summed E-state index contributed by atoms with van der Waals surface area (Å²) in [6, 6.07) is 14.5. The second-order valence-electron chi connectivity index (χ2n) is 7.35. The molecule has 0 radical (unpaired) electrons. The molecule has 2 amide bonds. The van der Waals surface area contributed by atoms with Crippen molar-refractivity contribution in [1.29, 1.82) is 0 Å². The molecule has 0 atom stereocenters. The molecule has 2 heterocycles. The van der Waals surface area contributed by atoms with E-state index in [4.69, 9.17) is 21.7 Å². The molecular formula is C24H22N4O4S3. The minimum absolute atomic E-state index is 0.180. The zero-order valence-corrected chi connectivity index (χ0v) is 21.5. The van der Waals surface area contributed by atoms with Gasteiger partial charge >= 0.3 is 0 Å². The number of thioether (sulfide) groups is 1. The fraction of sp³-hybridized carbons (Fsp3) is 0.208. The first kappa shape index (κ1) is 24.8. The molecule has 1 aromatic heterocycles. The first-order valence-corrected chi connectivity index (χ1v) is 12.8. The third-order valence-electron chi connectivity index (χ3n) is 4.83. The van der Waals surface area contributed by atoms with Crippen molar-refractivity contribution in [3.8, 4) is 11.5 Å². The first-order valence-electron chi connectivity index (χ1n) is 10.7. The van der Waals surface area contributed by atoms with Crippen LogP contribution >= 0.6 is 35.3 Å². The zero-order valence-electron chi connectivity index (χ0n) is 19.0. The van der Waals surface area contributed by atoms with E-state index in [1.165, 1.54) is 35.1 Å². The number of benzene rings is 2. The highest BCUT2D eigenvalue weighted by Crippen LogP contribution is 2.37. The number of aryl methyl sites for hydroxylation is 1. The molecule has 0 saturated carbocycles. The lowest BCUT2D eigenvalue weighted by Crippen LogP contribution is -2.27. The van der Waals surface area contributed by atoms with Crippen LogP contribution in [0.5, 0.6) is 11.5 Å². The highest BCUT2D eigenvalue weighted by atomic mass is 32.2. The number of thiocarbonyl (C=S) groups is 1. The fourth-order valence-electron chi connectivity index (χ4n) is 3.23. The fourth-order valence-corrected chi connectivity index (χ4v) is 5.39. The van der Waals surface area contributed by atoms with Gasteiger partial charge in [0.15, 0.2) is 22.4 Å². The number of hydrogen-bond donors (Lipinski definition) is 1. The first-order chi connectivity index (χ1) is 17.0. The lowest BCUT2D eigenvalue weighted by molar-refractivity contribution is -0.118. The zero-order chi connectivity index (χ0) is 24.8. The largest absolute Gasteiger partial charge is 0.493 e. The van der Waals surface area contributed by atoms with Gasteiger partial charge in [-0.05, 0) is 42.3 Å². The van der Waals surface area contributed by atoms with Crippen molar-refractivity contribution < 1.29 is 19.1 Å². The van der Waals surface area contributed by atoms with Crippen LogP contribution in [0.3, 0.4) is 0 Å². The van der Waals surface area contributed by atoms with Crippen LogP contribution in [0.4, 0.5) is 10.8 Å². The van der Waals surface area contributed by atoms with Gasteiger partial charge in [0.05, 0.1) is 17.7 Å². The third kappa shape index (κ3) is 6.05. The minimum Gasteiger partial charge on any atom is -0.493 e. The van der Waals surface area contributed by atoms with Crippen LogP contribution in [0.2, 0.25) is 0 Å². The van der Waals surface area contributed by atoms with Crippen LogP contribution in [0.15, 0.2) is 53.4 Å². The number of hydrogen-bond acceptors (Lipinski definition) is 9. The number of para-hydroxylation sites is 1. The van der Waals surface area contributed by atoms with Gasteiger partial charge in [0, 0.05) is 6.42 Å². The molecule has 1 fully saturated rings. The number of carbonyl (C=O) groups excluding carboxylic acids is 2. The molecule has 1 aliphatic heterocycles. The van der Waals surface area contributed by atoms with E-state index in [1.807, 2.05) is 30.3 Å². The summed E-state index contributed by atoms with van der Waals surface area (Å²) in [5.74, 6) is 0.313. The monoisotopic (exact) mass is 526 g/mol.